The molecule has 121 heavy (non-hydrogen) atoms. The van der Waals surface area contributed by atoms with Crippen LogP contribution in [0.15, 0.2) is 231 Å². The van der Waals surface area contributed by atoms with Crippen LogP contribution in [0, 0.1) is 20.8 Å². The standard InChI is InChI=1S/C118H141N3/c1-10-16-22-27-30-31-32-33-34-39-45-90-51-61-96(62-52-90)115-119-114(95-57-46-86(7)47-58-95)120-116(121-115)97-65-63-94(64-66-97)108-81-101(93-59-49-89(50-60-93)42-21-15-6)82-109(88(108)9)100-69-77-105-104-75-67-98(83-110(104)117(111(105)85-100,78-40-35-28-23-17-11-2)79-41-36-29-24-18-12-3)99-68-76-107-106-74-48-87(8)80-112(106)118(113(107)84-99,102-70-53-91(54-71-102)43-37-25-19-13-4)103-72-55-92(56-73-103)44-38-26-20-14-5/h46-77,80-85H,10-45,78-79H2,1-9H3. The first-order valence-electron chi connectivity index (χ1n) is 48.5. The maximum atomic E-state index is 5.32. The van der Waals surface area contributed by atoms with Crippen molar-refractivity contribution in [2.24, 2.45) is 0 Å². The molecule has 0 amide bonds. The monoisotopic (exact) mass is 1600 g/mol. The van der Waals surface area contributed by atoms with Gasteiger partial charge >= 0.3 is 0 Å². The van der Waals surface area contributed by atoms with Crippen LogP contribution in [0.5, 0.6) is 0 Å². The lowest BCUT2D eigenvalue weighted by Crippen LogP contribution is -2.29. The first-order chi connectivity index (χ1) is 59.5. The summed E-state index contributed by atoms with van der Waals surface area (Å²) >= 11 is 0. The molecule has 0 unspecified atom stereocenters. The van der Waals surface area contributed by atoms with Crippen LogP contribution in [0.3, 0.4) is 0 Å². The number of aryl methyl sites for hydroxylation is 6. The minimum absolute atomic E-state index is 0.181. The van der Waals surface area contributed by atoms with E-state index >= 15 is 0 Å². The van der Waals surface area contributed by atoms with E-state index < -0.39 is 5.41 Å². The molecule has 3 nitrogen and oxygen atoms in total. The molecule has 12 aromatic rings. The van der Waals surface area contributed by atoms with Gasteiger partial charge in [-0.3, -0.25) is 0 Å². The summed E-state index contributed by atoms with van der Waals surface area (Å²) in [5, 5.41) is 0. The Balaban J connectivity index is 0.855. The third-order valence-corrected chi connectivity index (χ3v) is 27.6. The molecule has 0 aliphatic heterocycles. The van der Waals surface area contributed by atoms with E-state index in [1.54, 1.807) is 0 Å². The zero-order chi connectivity index (χ0) is 83.8. The van der Waals surface area contributed by atoms with E-state index in [1.165, 1.54) is 345 Å². The Bertz CT molecular complexity index is 5200. The van der Waals surface area contributed by atoms with E-state index in [9.17, 15) is 0 Å². The minimum Gasteiger partial charge on any atom is -0.208 e. The second-order valence-corrected chi connectivity index (χ2v) is 36.6. The largest absolute Gasteiger partial charge is 0.208 e. The zero-order valence-corrected chi connectivity index (χ0v) is 75.7. The quantitative estimate of drug-likeness (QED) is 0.0357. The summed E-state index contributed by atoms with van der Waals surface area (Å²) in [6.07, 6.45) is 47.9. The third kappa shape index (κ3) is 21.0. The van der Waals surface area contributed by atoms with Crippen LogP contribution in [-0.4, -0.2) is 15.0 Å². The van der Waals surface area contributed by atoms with Crippen molar-refractivity contribution in [2.75, 3.05) is 0 Å². The molecule has 2 aliphatic rings. The molecule has 0 radical (unpaired) electrons. The SMILES string of the molecule is CCCCCCCCCCCCc1ccc(-c2nc(-c3ccc(C)cc3)nc(-c3ccc(-c4cc(-c5ccc(CCCC)cc5)cc(-c5ccc6c(c5)C(CCCCCCCC)(CCCCCCCC)c5cc(-c7ccc8c(c7)C(c7ccc(CCCCCC)cc7)(c7ccc(CCCCCC)cc7)c7cc(C)ccc7-8)ccc5-6)c4C)cc3)n2)cc1. The van der Waals surface area contributed by atoms with Crippen molar-refractivity contribution in [1.29, 1.82) is 0 Å². The van der Waals surface area contributed by atoms with Gasteiger partial charge in [0.1, 0.15) is 0 Å². The predicted octanol–water partition coefficient (Wildman–Crippen LogP) is 34.6. The van der Waals surface area contributed by atoms with Crippen LogP contribution >= 0.6 is 0 Å². The van der Waals surface area contributed by atoms with Crippen molar-refractivity contribution < 1.29 is 0 Å². The molecule has 1 aromatic heterocycles. The molecule has 0 atom stereocenters. The Kier molecular flexibility index (Phi) is 31.5. The summed E-state index contributed by atoms with van der Waals surface area (Å²) in [6.45, 7) is 20.8. The molecule has 11 aromatic carbocycles. The van der Waals surface area contributed by atoms with Crippen molar-refractivity contribution in [3.63, 3.8) is 0 Å². The molecule has 0 bridgehead atoms. The van der Waals surface area contributed by atoms with Crippen molar-refractivity contribution >= 4 is 0 Å². The maximum Gasteiger partial charge on any atom is 0.164 e. The molecule has 1 heterocycles. The summed E-state index contributed by atoms with van der Waals surface area (Å²) in [5.74, 6) is 2.06. The average Bonchev–Trinajstić information content (AvgIpc) is 1.54. The molecule has 0 saturated heterocycles. The number of unbranched alkanes of at least 4 members (excludes halogenated alkanes) is 26. The molecule has 0 saturated carbocycles. The topological polar surface area (TPSA) is 38.7 Å². The number of hydrogen-bond acceptors (Lipinski definition) is 3. The Labute approximate surface area is 731 Å². The number of benzene rings is 11. The van der Waals surface area contributed by atoms with Gasteiger partial charge in [0, 0.05) is 22.1 Å². The Hall–Kier alpha value is -9.57. The number of hydrogen-bond donors (Lipinski definition) is 0. The number of rotatable bonds is 47. The van der Waals surface area contributed by atoms with Crippen LogP contribution in [-0.2, 0) is 36.5 Å². The number of aromatic nitrogens is 3. The highest BCUT2D eigenvalue weighted by Gasteiger charge is 2.47. The highest BCUT2D eigenvalue weighted by molar-refractivity contribution is 5.92. The summed E-state index contributed by atoms with van der Waals surface area (Å²) in [4.78, 5) is 15.8. The number of fused-ring (bicyclic) bond motifs is 6. The highest BCUT2D eigenvalue weighted by atomic mass is 15.0. The van der Waals surface area contributed by atoms with Crippen LogP contribution in [0.4, 0.5) is 0 Å². The van der Waals surface area contributed by atoms with E-state index in [-0.39, 0.29) is 5.41 Å². The number of nitrogens with zero attached hydrogens (tertiary/aromatic N) is 3. The maximum absolute atomic E-state index is 5.32. The lowest BCUT2D eigenvalue weighted by Gasteiger charge is -2.35. The van der Waals surface area contributed by atoms with Crippen molar-refractivity contribution in [1.82, 2.24) is 15.0 Å². The normalized spacial score (nSPS) is 12.9. The Morgan fingerprint density at radius 1 is 0.207 bits per heavy atom. The fourth-order valence-electron chi connectivity index (χ4n) is 20.3. The van der Waals surface area contributed by atoms with Gasteiger partial charge in [0.2, 0.25) is 0 Å². The molecular weight excluding hydrogens is 1460 g/mol. The second kappa shape index (κ2) is 43.5. The summed E-state index contributed by atoms with van der Waals surface area (Å²) in [6, 6.07) is 91.7. The summed E-state index contributed by atoms with van der Waals surface area (Å²) in [5.41, 5.74) is 35.9. The molecule has 0 spiro atoms. The first kappa shape index (κ1) is 87.8. The van der Waals surface area contributed by atoms with Gasteiger partial charge in [0.15, 0.2) is 17.5 Å². The van der Waals surface area contributed by atoms with Gasteiger partial charge in [-0.2, -0.15) is 0 Å². The van der Waals surface area contributed by atoms with Gasteiger partial charge in [0.05, 0.1) is 5.41 Å². The highest BCUT2D eigenvalue weighted by Crippen LogP contribution is 2.60. The van der Waals surface area contributed by atoms with E-state index in [1.807, 2.05) is 0 Å². The van der Waals surface area contributed by atoms with Crippen LogP contribution < -0.4 is 0 Å². The van der Waals surface area contributed by atoms with Crippen LogP contribution in [0.25, 0.3) is 101 Å². The molecule has 0 N–H and O–H groups in total. The lowest BCUT2D eigenvalue weighted by molar-refractivity contribution is 0.398. The van der Waals surface area contributed by atoms with Crippen molar-refractivity contribution in [3.05, 3.63) is 303 Å². The molecule has 3 heteroatoms. The van der Waals surface area contributed by atoms with Gasteiger partial charge in [-0.1, -0.05) is 433 Å². The molecule has 2 aliphatic carbocycles. The summed E-state index contributed by atoms with van der Waals surface area (Å²) < 4.78 is 0. The van der Waals surface area contributed by atoms with Gasteiger partial charge < -0.3 is 0 Å². The van der Waals surface area contributed by atoms with E-state index in [0.29, 0.717) is 17.5 Å². The first-order valence-corrected chi connectivity index (χ1v) is 48.5. The van der Waals surface area contributed by atoms with Crippen LogP contribution in [0.1, 0.15) is 332 Å². The van der Waals surface area contributed by atoms with Gasteiger partial charge in [-0.25, -0.2) is 15.0 Å². The molecular formula is C118H141N3. The fraction of sp³-hybridized carbons (Fsp3) is 0.415. The van der Waals surface area contributed by atoms with E-state index in [0.717, 1.165) is 55.2 Å². The van der Waals surface area contributed by atoms with Gasteiger partial charge in [-0.15, -0.1) is 0 Å². The van der Waals surface area contributed by atoms with E-state index in [2.05, 4.69) is 293 Å². The molecule has 0 fully saturated rings. The van der Waals surface area contributed by atoms with Crippen LogP contribution in [0.2, 0.25) is 0 Å². The third-order valence-electron chi connectivity index (χ3n) is 27.6. The smallest absolute Gasteiger partial charge is 0.164 e. The summed E-state index contributed by atoms with van der Waals surface area (Å²) in [7, 11) is 0. The fourth-order valence-corrected chi connectivity index (χ4v) is 20.3. The second-order valence-electron chi connectivity index (χ2n) is 36.6. The zero-order valence-electron chi connectivity index (χ0n) is 75.7. The van der Waals surface area contributed by atoms with Gasteiger partial charge in [-0.05, 0) is 243 Å². The predicted molar refractivity (Wildman–Crippen MR) is 521 cm³/mol. The molecule has 14 rings (SSSR count). The average molecular weight is 1600 g/mol. The lowest BCUT2D eigenvalue weighted by atomic mass is 9.67. The van der Waals surface area contributed by atoms with Gasteiger partial charge in [0.25, 0.3) is 0 Å². The Morgan fingerprint density at radius 3 is 0.934 bits per heavy atom. The minimum atomic E-state index is -0.514. The van der Waals surface area contributed by atoms with E-state index in [4.69, 9.17) is 15.0 Å². The van der Waals surface area contributed by atoms with Crippen molar-refractivity contribution in [2.45, 2.75) is 317 Å². The molecule has 628 valence electrons. The van der Waals surface area contributed by atoms with Crippen molar-refractivity contribution in [3.8, 4) is 101 Å². The Morgan fingerprint density at radius 2 is 0.496 bits per heavy atom.